The molecule has 0 spiro atoms. The highest BCUT2D eigenvalue weighted by Crippen LogP contribution is 2.12. The second-order valence-electron chi connectivity index (χ2n) is 13.2. The summed E-state index contributed by atoms with van der Waals surface area (Å²) in [6.07, 6.45) is 0. The van der Waals surface area contributed by atoms with Gasteiger partial charge in [0, 0.05) is 75.8 Å². The minimum Gasteiger partial charge on any atom is -0.0925 e. The van der Waals surface area contributed by atoms with Gasteiger partial charge in [-0.05, 0) is 171 Å². The van der Waals surface area contributed by atoms with Gasteiger partial charge in [-0.1, -0.05) is 121 Å². The summed E-state index contributed by atoms with van der Waals surface area (Å²) in [4.78, 5) is 0. The Balaban J connectivity index is 1.39. The molecule has 0 aliphatic heterocycles. The summed E-state index contributed by atoms with van der Waals surface area (Å²) in [6, 6.07) is 93.4. The summed E-state index contributed by atoms with van der Waals surface area (Å²) in [5.74, 6) is 23.3. The minimum absolute atomic E-state index is 0.770. The Labute approximate surface area is 365 Å². The maximum Gasteiger partial charge on any atom is 0.0280 e. The summed E-state index contributed by atoms with van der Waals surface area (Å²) < 4.78 is 0. The van der Waals surface area contributed by atoms with Gasteiger partial charge in [0.1, 0.15) is 0 Å². The first-order valence-electron chi connectivity index (χ1n) is 19.2. The van der Waals surface area contributed by atoms with E-state index in [1.807, 2.05) is 133 Å². The summed E-state index contributed by atoms with van der Waals surface area (Å²) in [5, 5.41) is 9.58. The topological polar surface area (TPSA) is 0 Å². The van der Waals surface area contributed by atoms with Gasteiger partial charge in [0.25, 0.3) is 0 Å². The van der Waals surface area contributed by atoms with Crippen molar-refractivity contribution in [3.05, 3.63) is 242 Å². The average molecular weight is 773 g/mol. The van der Waals surface area contributed by atoms with Crippen LogP contribution in [-0.2, 0) is 0 Å². The van der Waals surface area contributed by atoms with Gasteiger partial charge >= 0.3 is 0 Å². The molecule has 0 nitrogen and oxygen atoms in total. The van der Waals surface area contributed by atoms with Crippen molar-refractivity contribution in [2.45, 2.75) is 13.8 Å². The fourth-order valence-electron chi connectivity index (χ4n) is 5.71. The van der Waals surface area contributed by atoms with Crippen molar-refractivity contribution in [2.75, 3.05) is 0 Å². The van der Waals surface area contributed by atoms with Crippen LogP contribution >= 0.6 is 0 Å². The van der Waals surface area contributed by atoms with Crippen LogP contribution in [0.2, 0.25) is 0 Å². The molecule has 7 rings (SSSR count). The number of hydrogen-bond acceptors (Lipinski definition) is 0. The predicted octanol–water partition coefficient (Wildman–Crippen LogP) is 12.3. The van der Waals surface area contributed by atoms with Crippen molar-refractivity contribution in [3.63, 3.8) is 0 Å². The lowest BCUT2D eigenvalue weighted by atomic mass is 10.1. The van der Waals surface area contributed by atoms with E-state index in [1.54, 1.807) is 13.8 Å². The first kappa shape index (κ1) is 40.2. The molecule has 0 aromatic heterocycles. The second kappa shape index (κ2) is 21.0. The number of hydrogen-bond donors (Lipinski definition) is 0. The first-order chi connectivity index (χ1) is 30.6. The summed E-state index contributed by atoms with van der Waals surface area (Å²) in [5.41, 5.74) is 1.54. The second-order valence-corrected chi connectivity index (χ2v) is 13.2. The van der Waals surface area contributed by atoms with Gasteiger partial charge in [0.2, 0.25) is 0 Å². The van der Waals surface area contributed by atoms with Crippen molar-refractivity contribution in [1.29, 1.82) is 0 Å². The van der Waals surface area contributed by atoms with Crippen molar-refractivity contribution >= 4 is 64.6 Å². The zero-order valence-electron chi connectivity index (χ0n) is 33.7. The molecule has 0 radical (unpaired) electrons. The lowest BCUT2D eigenvalue weighted by Gasteiger charge is -1.90. The van der Waals surface area contributed by atoms with Gasteiger partial charge in [-0.3, -0.25) is 0 Å². The molecule has 0 amide bonds. The van der Waals surface area contributed by atoms with E-state index in [9.17, 15) is 0 Å². The molecule has 0 aliphatic rings. The first-order valence-corrected chi connectivity index (χ1v) is 19.2. The van der Waals surface area contributed by atoms with Crippen LogP contribution in [0.15, 0.2) is 133 Å². The van der Waals surface area contributed by atoms with Crippen LogP contribution in [0.3, 0.4) is 0 Å². The SMILES string of the molecule is CC#CC#Cc1cc2c#cc3cccc(c#cc#cc4cccc(c#cc5cc(C#CC#CC)cc(c#cc6cccc(c#cc#cc7cccc(c#cc(c1)c2)c7)c6)c5)c4)c3. The molecule has 12 bridgehead atoms. The normalized spacial score (nSPS) is 8.55. The zero-order chi connectivity index (χ0) is 42.6. The number of fused-ring (bicyclic) bond motifs is 12. The molecule has 0 aliphatic carbocycles. The molecule has 0 N–H and O–H groups in total. The quantitative estimate of drug-likeness (QED) is 0.135. The molecule has 7 aromatic carbocycles. The maximum absolute atomic E-state index is 3.29. The third-order valence-electron chi connectivity index (χ3n) is 8.46. The molecular formula is C62H28. The van der Waals surface area contributed by atoms with Gasteiger partial charge < -0.3 is 0 Å². The highest BCUT2D eigenvalue weighted by atomic mass is 13.9. The van der Waals surface area contributed by atoms with Crippen LogP contribution in [0.25, 0.3) is 64.6 Å². The van der Waals surface area contributed by atoms with E-state index in [-0.39, 0.29) is 0 Å². The Kier molecular flexibility index (Phi) is 13.6. The lowest BCUT2D eigenvalue weighted by Crippen LogP contribution is -1.73. The fourth-order valence-corrected chi connectivity index (χ4v) is 5.71. The van der Waals surface area contributed by atoms with Gasteiger partial charge in [-0.2, -0.15) is 0 Å². The Bertz CT molecular complexity index is 3040. The van der Waals surface area contributed by atoms with E-state index in [1.165, 1.54) is 0 Å². The molecule has 0 saturated heterocycles. The van der Waals surface area contributed by atoms with E-state index in [0.29, 0.717) is 0 Å². The lowest BCUT2D eigenvalue weighted by molar-refractivity contribution is 1.74. The summed E-state index contributed by atoms with van der Waals surface area (Å²) >= 11 is 0. The Morgan fingerprint density at radius 2 is 0.484 bits per heavy atom. The molecular weight excluding hydrogens is 745 g/mol. The van der Waals surface area contributed by atoms with Crippen LogP contribution in [0.5, 0.6) is 0 Å². The number of benzene rings is 6. The van der Waals surface area contributed by atoms with Gasteiger partial charge in [-0.25, -0.2) is 0 Å². The molecule has 7 aromatic rings. The van der Waals surface area contributed by atoms with Crippen molar-refractivity contribution in [2.24, 2.45) is 0 Å². The van der Waals surface area contributed by atoms with Crippen LogP contribution in [0.1, 0.15) is 25.0 Å². The van der Waals surface area contributed by atoms with Crippen LogP contribution in [0, 0.1) is 144 Å². The number of rotatable bonds is 0. The Hall–Kier alpha value is -9.96. The van der Waals surface area contributed by atoms with Gasteiger partial charge in [0.05, 0.1) is 0 Å². The third kappa shape index (κ3) is 12.5. The van der Waals surface area contributed by atoms with Crippen LogP contribution in [-0.4, -0.2) is 0 Å². The van der Waals surface area contributed by atoms with Crippen LogP contribution in [0.4, 0.5) is 0 Å². The predicted molar refractivity (Wildman–Crippen MR) is 250 cm³/mol. The standard InChI is InChI=1S/C62H28/c1-3-5-7-21-57-43-59-35-31-53-27-13-23-49(39-53)17-9-11-19-51-25-15-29-55(41-51)33-37-61-45-58(22-8-6-4-2)46-62(48-61)38-34-56-30-16-26-52(42-56)20-12-10-18-50-24-14-28-54(40-50)32-36-60(44-57)47-59/h13-16,23-30,39-48H,1-2H3. The monoisotopic (exact) mass is 772 g/mol. The van der Waals surface area contributed by atoms with Crippen molar-refractivity contribution in [3.8, 4) is 47.4 Å². The summed E-state index contributed by atoms with van der Waals surface area (Å²) in [7, 11) is 0. The summed E-state index contributed by atoms with van der Waals surface area (Å²) in [6.45, 7) is 3.51. The van der Waals surface area contributed by atoms with E-state index >= 15 is 0 Å². The van der Waals surface area contributed by atoms with Gasteiger partial charge in [-0.15, -0.1) is 0 Å². The Morgan fingerprint density at radius 1 is 0.258 bits per heavy atom. The largest absolute Gasteiger partial charge is 0.0925 e. The minimum atomic E-state index is 0.770. The zero-order valence-corrected chi connectivity index (χ0v) is 33.7. The molecule has 0 fully saturated rings. The molecule has 0 atom stereocenters. The molecule has 0 saturated carbocycles. The smallest absolute Gasteiger partial charge is 0.0280 e. The molecule has 0 heteroatoms. The third-order valence-corrected chi connectivity index (χ3v) is 8.46. The molecule has 0 heterocycles. The molecule has 276 valence electrons. The average Bonchev–Trinajstić information content (AvgIpc) is 3.30. The molecule has 0 unspecified atom stereocenters. The highest BCUT2D eigenvalue weighted by Gasteiger charge is 1.93. The van der Waals surface area contributed by atoms with Crippen LogP contribution < -0.4 is 0 Å². The van der Waals surface area contributed by atoms with Crippen molar-refractivity contribution < 1.29 is 0 Å². The van der Waals surface area contributed by atoms with Gasteiger partial charge in [0.15, 0.2) is 0 Å². The van der Waals surface area contributed by atoms with Crippen molar-refractivity contribution in [1.82, 2.24) is 0 Å². The highest BCUT2D eigenvalue weighted by molar-refractivity contribution is 5.73. The van der Waals surface area contributed by atoms with E-state index in [4.69, 9.17) is 0 Å². The maximum atomic E-state index is 3.29. The Morgan fingerprint density at radius 3 is 0.742 bits per heavy atom. The van der Waals surface area contributed by atoms with E-state index in [0.717, 1.165) is 75.8 Å². The van der Waals surface area contributed by atoms with E-state index < -0.39 is 0 Å². The van der Waals surface area contributed by atoms with E-state index in [2.05, 4.69) is 144 Å². The molecule has 62 heavy (non-hydrogen) atoms. The fraction of sp³-hybridized carbons (Fsp3) is 0.0323.